The van der Waals surface area contributed by atoms with Crippen LogP contribution in [0.1, 0.15) is 5.56 Å². The lowest BCUT2D eigenvalue weighted by atomic mass is 10.0. The maximum absolute atomic E-state index is 9.77. The summed E-state index contributed by atoms with van der Waals surface area (Å²) in [5.74, 6) is -6.13. The van der Waals surface area contributed by atoms with Crippen LogP contribution in [0.15, 0.2) is 12.1 Å². The minimum atomic E-state index is -3.29. The van der Waals surface area contributed by atoms with Gasteiger partial charge in [0.05, 0.1) is 26.9 Å². The summed E-state index contributed by atoms with van der Waals surface area (Å²) in [5, 5.41) is 38.0. The first-order chi connectivity index (χ1) is 8.68. The largest absolute Gasteiger partial charge is 0.496 e. The Morgan fingerprint density at radius 3 is 1.63 bits per heavy atom. The summed E-state index contributed by atoms with van der Waals surface area (Å²) in [6, 6.07) is 2.41. The van der Waals surface area contributed by atoms with Gasteiger partial charge in [-0.1, -0.05) is 0 Å². The normalized spacial score (nSPS) is 12.2. The zero-order chi connectivity index (χ0) is 14.8. The summed E-state index contributed by atoms with van der Waals surface area (Å²) >= 11 is 0. The number of ether oxygens (including phenoxy) is 3. The lowest BCUT2D eigenvalue weighted by molar-refractivity contribution is -0.363. The average Bonchev–Trinajstić information content (AvgIpc) is 2.35. The summed E-state index contributed by atoms with van der Waals surface area (Å²) < 4.78 is 14.9. The molecule has 0 radical (unpaired) electrons. The Labute approximate surface area is 109 Å². The highest BCUT2D eigenvalue weighted by atomic mass is 16.6. The molecule has 0 saturated carbocycles. The van der Waals surface area contributed by atoms with Crippen molar-refractivity contribution >= 4 is 0 Å². The Morgan fingerprint density at radius 1 is 0.842 bits per heavy atom. The summed E-state index contributed by atoms with van der Waals surface area (Å²) in [6.45, 7) is 0. The second kappa shape index (κ2) is 5.19. The fraction of sp³-hybridized carbons (Fsp3) is 0.455. The van der Waals surface area contributed by atoms with Crippen molar-refractivity contribution in [2.45, 2.75) is 11.7 Å². The zero-order valence-corrected chi connectivity index (χ0v) is 10.7. The SMILES string of the molecule is COc1cc(OC)c(C(O)(O)C(N)(O)O)cc1OC. The minimum Gasteiger partial charge on any atom is -0.496 e. The number of nitrogens with two attached hydrogens (primary N) is 1. The molecule has 0 spiro atoms. The molecule has 1 rings (SSSR count). The van der Waals surface area contributed by atoms with Crippen LogP contribution in [0.4, 0.5) is 0 Å². The fourth-order valence-corrected chi connectivity index (χ4v) is 1.50. The Morgan fingerprint density at radius 2 is 1.26 bits per heavy atom. The van der Waals surface area contributed by atoms with Crippen molar-refractivity contribution in [2.24, 2.45) is 5.73 Å². The molecule has 6 N–H and O–H groups in total. The number of aliphatic hydroxyl groups is 4. The van der Waals surface area contributed by atoms with Crippen molar-refractivity contribution in [1.29, 1.82) is 0 Å². The molecule has 0 amide bonds. The van der Waals surface area contributed by atoms with Gasteiger partial charge in [0.15, 0.2) is 11.5 Å². The van der Waals surface area contributed by atoms with Crippen LogP contribution in [0, 0.1) is 0 Å². The topological polar surface area (TPSA) is 135 Å². The van der Waals surface area contributed by atoms with Crippen molar-refractivity contribution in [3.63, 3.8) is 0 Å². The van der Waals surface area contributed by atoms with Gasteiger partial charge in [-0.2, -0.15) is 0 Å². The van der Waals surface area contributed by atoms with Gasteiger partial charge >= 0.3 is 0 Å². The van der Waals surface area contributed by atoms with Crippen molar-refractivity contribution in [3.8, 4) is 17.2 Å². The van der Waals surface area contributed by atoms with Crippen molar-refractivity contribution in [1.82, 2.24) is 0 Å². The monoisotopic (exact) mass is 275 g/mol. The predicted molar refractivity (Wildman–Crippen MR) is 63.6 cm³/mol. The molecule has 19 heavy (non-hydrogen) atoms. The van der Waals surface area contributed by atoms with Gasteiger partial charge in [-0.15, -0.1) is 0 Å². The fourth-order valence-electron chi connectivity index (χ4n) is 1.50. The molecule has 1 aromatic carbocycles. The van der Waals surface area contributed by atoms with E-state index in [4.69, 9.17) is 19.9 Å². The third-order valence-electron chi connectivity index (χ3n) is 2.59. The standard InChI is InChI=1S/C11H17NO7/c1-17-7-5-9(19-3)8(18-2)4-6(7)10(13,14)11(12,15)16/h4-5,13-16H,12H2,1-3H3. The molecule has 0 aliphatic heterocycles. The van der Waals surface area contributed by atoms with E-state index in [2.05, 4.69) is 0 Å². The van der Waals surface area contributed by atoms with Gasteiger partial charge < -0.3 is 34.6 Å². The first-order valence-electron chi connectivity index (χ1n) is 5.17. The van der Waals surface area contributed by atoms with Gasteiger partial charge in [0.25, 0.3) is 11.7 Å². The van der Waals surface area contributed by atoms with Crippen LogP contribution in [-0.4, -0.2) is 47.7 Å². The van der Waals surface area contributed by atoms with Gasteiger partial charge in [0, 0.05) is 6.07 Å². The van der Waals surface area contributed by atoms with E-state index in [1.165, 1.54) is 27.4 Å². The number of hydrogen-bond acceptors (Lipinski definition) is 8. The van der Waals surface area contributed by atoms with Crippen molar-refractivity contribution in [3.05, 3.63) is 17.7 Å². The molecule has 0 fully saturated rings. The Balaban J connectivity index is 3.50. The van der Waals surface area contributed by atoms with Gasteiger partial charge in [-0.25, -0.2) is 0 Å². The Hall–Kier alpha value is -1.58. The predicted octanol–water partition coefficient (Wildman–Crippen LogP) is -1.55. The van der Waals surface area contributed by atoms with Crippen molar-refractivity contribution < 1.29 is 34.6 Å². The highest BCUT2D eigenvalue weighted by molar-refractivity contribution is 5.52. The van der Waals surface area contributed by atoms with Crippen LogP contribution in [0.25, 0.3) is 0 Å². The van der Waals surface area contributed by atoms with Gasteiger partial charge in [-0.05, 0) is 6.07 Å². The highest BCUT2D eigenvalue weighted by Crippen LogP contribution is 2.40. The zero-order valence-electron chi connectivity index (χ0n) is 10.7. The molecule has 108 valence electrons. The number of benzene rings is 1. The molecular weight excluding hydrogens is 258 g/mol. The van der Waals surface area contributed by atoms with Crippen LogP contribution in [-0.2, 0) is 5.79 Å². The molecule has 0 atom stereocenters. The average molecular weight is 275 g/mol. The van der Waals surface area contributed by atoms with E-state index in [1.807, 2.05) is 0 Å². The number of hydrogen-bond donors (Lipinski definition) is 5. The molecular formula is C11H17NO7. The molecule has 1 aromatic rings. The summed E-state index contributed by atoms with van der Waals surface area (Å²) in [5.41, 5.74) is 4.53. The van der Waals surface area contributed by atoms with Gasteiger partial charge in [0.2, 0.25) is 0 Å². The molecule has 0 aliphatic carbocycles. The lowest BCUT2D eigenvalue weighted by Gasteiger charge is -2.32. The Kier molecular flexibility index (Phi) is 4.23. The van der Waals surface area contributed by atoms with E-state index >= 15 is 0 Å². The number of rotatable bonds is 5. The van der Waals surface area contributed by atoms with Crippen LogP contribution in [0.3, 0.4) is 0 Å². The van der Waals surface area contributed by atoms with E-state index < -0.39 is 11.7 Å². The van der Waals surface area contributed by atoms with E-state index in [0.717, 1.165) is 6.07 Å². The van der Waals surface area contributed by atoms with Crippen LogP contribution in [0.5, 0.6) is 17.2 Å². The van der Waals surface area contributed by atoms with E-state index in [-0.39, 0.29) is 22.8 Å². The molecule has 8 heteroatoms. The maximum Gasteiger partial charge on any atom is 0.281 e. The maximum atomic E-state index is 9.77. The third-order valence-corrected chi connectivity index (χ3v) is 2.59. The molecule has 0 aliphatic rings. The van der Waals surface area contributed by atoms with Crippen LogP contribution < -0.4 is 19.9 Å². The molecule has 0 heterocycles. The van der Waals surface area contributed by atoms with E-state index in [0.29, 0.717) is 0 Å². The first kappa shape index (κ1) is 15.5. The molecule has 0 saturated heterocycles. The van der Waals surface area contributed by atoms with Crippen molar-refractivity contribution in [2.75, 3.05) is 21.3 Å². The first-order valence-corrected chi connectivity index (χ1v) is 5.17. The van der Waals surface area contributed by atoms with E-state index in [9.17, 15) is 20.4 Å². The van der Waals surface area contributed by atoms with Gasteiger partial charge in [-0.3, -0.25) is 5.73 Å². The summed E-state index contributed by atoms with van der Waals surface area (Å²) in [7, 11) is 3.97. The van der Waals surface area contributed by atoms with Crippen LogP contribution >= 0.6 is 0 Å². The Bertz CT molecular complexity index is 453. The molecule has 0 bridgehead atoms. The smallest absolute Gasteiger partial charge is 0.281 e. The number of methoxy groups -OCH3 is 3. The summed E-state index contributed by atoms with van der Waals surface area (Å²) in [4.78, 5) is 0. The van der Waals surface area contributed by atoms with Crippen LogP contribution in [0.2, 0.25) is 0 Å². The van der Waals surface area contributed by atoms with Gasteiger partial charge in [0.1, 0.15) is 5.75 Å². The molecule has 0 unspecified atom stereocenters. The summed E-state index contributed by atoms with van der Waals surface area (Å²) in [6.07, 6.45) is 0. The molecule has 0 aromatic heterocycles. The highest BCUT2D eigenvalue weighted by Gasteiger charge is 2.48. The second-order valence-electron chi connectivity index (χ2n) is 3.81. The molecule has 8 nitrogen and oxygen atoms in total. The quantitative estimate of drug-likeness (QED) is 0.407. The third kappa shape index (κ3) is 2.72. The lowest BCUT2D eigenvalue weighted by Crippen LogP contribution is -2.58. The van der Waals surface area contributed by atoms with E-state index in [1.54, 1.807) is 0 Å². The second-order valence-corrected chi connectivity index (χ2v) is 3.81. The minimum absolute atomic E-state index is 0.0689.